The average molecular weight is 416 g/mol. The van der Waals surface area contributed by atoms with Crippen molar-refractivity contribution < 1.29 is 9.53 Å². The monoisotopic (exact) mass is 415 g/mol. The minimum absolute atomic E-state index is 0.0490. The lowest BCUT2D eigenvalue weighted by molar-refractivity contribution is -0.129. The van der Waals surface area contributed by atoms with Crippen LogP contribution >= 0.6 is 11.3 Å². The predicted molar refractivity (Wildman–Crippen MR) is 121 cm³/mol. The zero-order valence-electron chi connectivity index (χ0n) is 18.1. The molecule has 0 unspecified atom stereocenters. The van der Waals surface area contributed by atoms with E-state index in [9.17, 15) is 4.79 Å². The van der Waals surface area contributed by atoms with Gasteiger partial charge in [0.25, 0.3) is 0 Å². The third-order valence-corrected chi connectivity index (χ3v) is 6.44. The summed E-state index contributed by atoms with van der Waals surface area (Å²) >= 11 is 1.77. The first kappa shape index (κ1) is 21.7. The third kappa shape index (κ3) is 5.31. The lowest BCUT2D eigenvalue weighted by atomic mass is 9.94. The second-order valence-electron chi connectivity index (χ2n) is 8.69. The van der Waals surface area contributed by atoms with E-state index < -0.39 is 0 Å². The number of benzene rings is 1. The Morgan fingerprint density at radius 3 is 2.28 bits per heavy atom. The standard InChI is InChI=1S/C23H33N3O2S/c1-17(24-22(27)23(2,3)4)21(20-7-6-16-29-20)26-14-12-25(13-15-26)18-8-10-19(28-5)11-9-18/h6-11,16-17,21H,12-15H2,1-5H3,(H,24,27)/t17-,21-/m1/s1. The highest BCUT2D eigenvalue weighted by Gasteiger charge is 2.32. The Morgan fingerprint density at radius 2 is 1.76 bits per heavy atom. The van der Waals surface area contributed by atoms with E-state index in [1.165, 1.54) is 10.6 Å². The first-order valence-electron chi connectivity index (χ1n) is 10.3. The van der Waals surface area contributed by atoms with E-state index >= 15 is 0 Å². The molecule has 2 atom stereocenters. The zero-order chi connectivity index (χ0) is 21.0. The number of ether oxygens (including phenoxy) is 1. The predicted octanol–water partition coefficient (Wildman–Crippen LogP) is 4.17. The summed E-state index contributed by atoms with van der Waals surface area (Å²) in [5, 5.41) is 5.38. The molecule has 0 radical (unpaired) electrons. The molecule has 1 aliphatic rings. The van der Waals surface area contributed by atoms with Crippen LogP contribution in [-0.4, -0.2) is 50.1 Å². The van der Waals surface area contributed by atoms with Gasteiger partial charge in [-0.15, -0.1) is 11.3 Å². The molecule has 1 fully saturated rings. The Bertz CT molecular complexity index is 775. The van der Waals surface area contributed by atoms with Crippen molar-refractivity contribution in [2.75, 3.05) is 38.2 Å². The fourth-order valence-electron chi connectivity index (χ4n) is 3.76. The van der Waals surface area contributed by atoms with Crippen LogP contribution < -0.4 is 15.0 Å². The highest BCUT2D eigenvalue weighted by Crippen LogP contribution is 2.31. The summed E-state index contributed by atoms with van der Waals surface area (Å²) in [4.78, 5) is 18.8. The van der Waals surface area contributed by atoms with Crippen LogP contribution in [0, 0.1) is 5.41 Å². The van der Waals surface area contributed by atoms with Crippen molar-refractivity contribution in [3.63, 3.8) is 0 Å². The van der Waals surface area contributed by atoms with Crippen LogP contribution in [0.5, 0.6) is 5.75 Å². The van der Waals surface area contributed by atoms with E-state index in [2.05, 4.69) is 51.7 Å². The molecule has 2 heterocycles. The SMILES string of the molecule is COc1ccc(N2CCN([C@@H](c3cccs3)[C@@H](C)NC(=O)C(C)(C)C)CC2)cc1. The van der Waals surface area contributed by atoms with Gasteiger partial charge in [0.1, 0.15) is 5.75 Å². The van der Waals surface area contributed by atoms with Crippen molar-refractivity contribution in [3.8, 4) is 5.75 Å². The Hall–Kier alpha value is -2.05. The molecule has 1 aromatic heterocycles. The number of carbonyl (C=O) groups excluding carboxylic acids is 1. The molecule has 1 N–H and O–H groups in total. The number of hydrogen-bond acceptors (Lipinski definition) is 5. The van der Waals surface area contributed by atoms with Gasteiger partial charge in [-0.1, -0.05) is 26.8 Å². The number of piperazine rings is 1. The van der Waals surface area contributed by atoms with Gasteiger partial charge in [-0.25, -0.2) is 0 Å². The van der Waals surface area contributed by atoms with Crippen LogP contribution in [0.3, 0.4) is 0 Å². The van der Waals surface area contributed by atoms with E-state index in [1.807, 2.05) is 32.9 Å². The van der Waals surface area contributed by atoms with Gasteiger partial charge in [0, 0.05) is 48.2 Å². The zero-order valence-corrected chi connectivity index (χ0v) is 19.0. The topological polar surface area (TPSA) is 44.8 Å². The summed E-state index contributed by atoms with van der Waals surface area (Å²) < 4.78 is 5.27. The van der Waals surface area contributed by atoms with Crippen molar-refractivity contribution in [2.45, 2.75) is 39.8 Å². The van der Waals surface area contributed by atoms with Crippen molar-refractivity contribution in [3.05, 3.63) is 46.7 Å². The van der Waals surface area contributed by atoms with E-state index in [-0.39, 0.29) is 23.4 Å². The number of anilines is 1. The molecule has 158 valence electrons. The smallest absolute Gasteiger partial charge is 0.225 e. The number of nitrogens with zero attached hydrogens (tertiary/aromatic N) is 2. The maximum Gasteiger partial charge on any atom is 0.225 e. The molecule has 29 heavy (non-hydrogen) atoms. The highest BCUT2D eigenvalue weighted by molar-refractivity contribution is 7.10. The fourth-order valence-corrected chi connectivity index (χ4v) is 4.72. The number of carbonyl (C=O) groups is 1. The number of thiophene rings is 1. The van der Waals surface area contributed by atoms with Gasteiger partial charge >= 0.3 is 0 Å². The molecule has 0 bridgehead atoms. The first-order valence-corrected chi connectivity index (χ1v) is 11.1. The molecule has 0 aliphatic carbocycles. The number of amides is 1. The van der Waals surface area contributed by atoms with Crippen molar-refractivity contribution >= 4 is 22.9 Å². The van der Waals surface area contributed by atoms with Crippen LogP contribution in [0.25, 0.3) is 0 Å². The fraction of sp³-hybridized carbons (Fsp3) is 0.522. The minimum Gasteiger partial charge on any atom is -0.497 e. The Morgan fingerprint density at radius 1 is 1.10 bits per heavy atom. The van der Waals surface area contributed by atoms with E-state index in [0.29, 0.717) is 0 Å². The molecular weight excluding hydrogens is 382 g/mol. The molecule has 5 nitrogen and oxygen atoms in total. The summed E-state index contributed by atoms with van der Waals surface area (Å²) in [6, 6.07) is 12.8. The molecule has 1 aromatic carbocycles. The second kappa shape index (κ2) is 9.18. The number of rotatable bonds is 6. The molecule has 1 saturated heterocycles. The normalized spacial score (nSPS) is 17.6. The third-order valence-electron chi connectivity index (χ3n) is 5.49. The quantitative estimate of drug-likeness (QED) is 0.769. The van der Waals surface area contributed by atoms with Crippen LogP contribution in [-0.2, 0) is 4.79 Å². The average Bonchev–Trinajstić information content (AvgIpc) is 3.22. The lowest BCUT2D eigenvalue weighted by Gasteiger charge is -2.42. The van der Waals surface area contributed by atoms with Crippen molar-refractivity contribution in [1.82, 2.24) is 10.2 Å². The van der Waals surface area contributed by atoms with E-state index in [4.69, 9.17) is 4.74 Å². The molecule has 1 aliphatic heterocycles. The summed E-state index contributed by atoms with van der Waals surface area (Å²) in [5.41, 5.74) is 0.841. The molecule has 0 saturated carbocycles. The summed E-state index contributed by atoms with van der Waals surface area (Å²) in [7, 11) is 1.69. The molecule has 1 amide bonds. The Labute approximate surface area is 178 Å². The summed E-state index contributed by atoms with van der Waals surface area (Å²) in [5.74, 6) is 0.983. The Balaban J connectivity index is 1.69. The van der Waals surface area contributed by atoms with Gasteiger partial charge < -0.3 is 15.0 Å². The maximum atomic E-state index is 12.6. The van der Waals surface area contributed by atoms with Gasteiger partial charge in [0.05, 0.1) is 13.2 Å². The van der Waals surface area contributed by atoms with E-state index in [0.717, 1.165) is 31.9 Å². The molecular formula is C23H33N3O2S. The van der Waals surface area contributed by atoms with Crippen LogP contribution in [0.15, 0.2) is 41.8 Å². The summed E-state index contributed by atoms with van der Waals surface area (Å²) in [6.45, 7) is 11.9. The van der Waals surface area contributed by atoms with Crippen molar-refractivity contribution in [1.29, 1.82) is 0 Å². The lowest BCUT2D eigenvalue weighted by Crippen LogP contribution is -2.53. The number of methoxy groups -OCH3 is 1. The molecule has 6 heteroatoms. The van der Waals surface area contributed by atoms with Gasteiger partial charge in [0.15, 0.2) is 0 Å². The minimum atomic E-state index is -0.388. The molecule has 0 spiro atoms. The van der Waals surface area contributed by atoms with Crippen LogP contribution in [0.2, 0.25) is 0 Å². The van der Waals surface area contributed by atoms with Crippen LogP contribution in [0.4, 0.5) is 5.69 Å². The molecule has 2 aromatic rings. The number of hydrogen-bond donors (Lipinski definition) is 1. The van der Waals surface area contributed by atoms with Crippen molar-refractivity contribution in [2.24, 2.45) is 5.41 Å². The maximum absolute atomic E-state index is 12.6. The van der Waals surface area contributed by atoms with Gasteiger partial charge in [-0.2, -0.15) is 0 Å². The highest BCUT2D eigenvalue weighted by atomic mass is 32.1. The van der Waals surface area contributed by atoms with Crippen LogP contribution in [0.1, 0.15) is 38.6 Å². The number of nitrogens with one attached hydrogen (secondary N) is 1. The van der Waals surface area contributed by atoms with Gasteiger partial charge in [0.2, 0.25) is 5.91 Å². The van der Waals surface area contributed by atoms with Gasteiger partial charge in [-0.3, -0.25) is 9.69 Å². The molecule has 3 rings (SSSR count). The largest absolute Gasteiger partial charge is 0.497 e. The Kier molecular flexibility index (Phi) is 6.85. The first-order chi connectivity index (χ1) is 13.8. The second-order valence-corrected chi connectivity index (χ2v) is 9.67. The van der Waals surface area contributed by atoms with Gasteiger partial charge in [-0.05, 0) is 42.6 Å². The van der Waals surface area contributed by atoms with E-state index in [1.54, 1.807) is 18.4 Å². The summed E-state index contributed by atoms with van der Waals surface area (Å²) in [6.07, 6.45) is 0.